The number of hydrogen-bond acceptors (Lipinski definition) is 3. The van der Waals surface area contributed by atoms with Crippen LogP contribution in [0.4, 0.5) is 0 Å². The quantitative estimate of drug-likeness (QED) is 0.644. The molecule has 0 saturated heterocycles. The van der Waals surface area contributed by atoms with Crippen LogP contribution in [0.15, 0.2) is 48.9 Å². The Kier molecular flexibility index (Phi) is 4.78. The highest BCUT2D eigenvalue weighted by molar-refractivity contribution is 5.86. The highest BCUT2D eigenvalue weighted by Crippen LogP contribution is 2.20. The van der Waals surface area contributed by atoms with Gasteiger partial charge in [0.15, 0.2) is 12.7 Å². The number of benzene rings is 1. The minimum absolute atomic E-state index is 0.0610. The van der Waals surface area contributed by atoms with Crippen molar-refractivity contribution in [3.05, 3.63) is 60.2 Å². The second-order valence-electron chi connectivity index (χ2n) is 5.76. The van der Waals surface area contributed by atoms with Crippen molar-refractivity contribution >= 4 is 5.97 Å². The van der Waals surface area contributed by atoms with Gasteiger partial charge in [0, 0.05) is 5.56 Å². The summed E-state index contributed by atoms with van der Waals surface area (Å²) in [5.74, 6) is -0.311. The zero-order valence-electron chi connectivity index (χ0n) is 12.6. The molecule has 1 aromatic heterocycles. The zero-order valence-corrected chi connectivity index (χ0v) is 12.6. The van der Waals surface area contributed by atoms with Crippen molar-refractivity contribution in [2.45, 2.75) is 44.8 Å². The third kappa shape index (κ3) is 3.91. The summed E-state index contributed by atoms with van der Waals surface area (Å²) in [5, 5.41) is 0. The molecule has 4 heteroatoms. The van der Waals surface area contributed by atoms with Gasteiger partial charge >= 0.3 is 5.97 Å². The van der Waals surface area contributed by atoms with Crippen LogP contribution >= 0.6 is 0 Å². The lowest BCUT2D eigenvalue weighted by molar-refractivity contribution is -0.689. The summed E-state index contributed by atoms with van der Waals surface area (Å²) < 4.78 is 7.53. The van der Waals surface area contributed by atoms with Gasteiger partial charge in [0.2, 0.25) is 11.9 Å². The van der Waals surface area contributed by atoms with Gasteiger partial charge in [-0.1, -0.05) is 36.8 Å². The van der Waals surface area contributed by atoms with Gasteiger partial charge in [0.05, 0.1) is 6.20 Å². The van der Waals surface area contributed by atoms with Crippen molar-refractivity contribution in [2.75, 3.05) is 0 Å². The summed E-state index contributed by atoms with van der Waals surface area (Å²) in [6, 6.07) is 10.1. The first-order valence-corrected chi connectivity index (χ1v) is 7.91. The highest BCUT2D eigenvalue weighted by atomic mass is 16.5. The number of carbonyl (C=O) groups is 1. The van der Waals surface area contributed by atoms with Gasteiger partial charge in [-0.2, -0.15) is 4.57 Å². The topological polar surface area (TPSA) is 43.1 Å². The second-order valence-corrected chi connectivity index (χ2v) is 5.76. The Morgan fingerprint density at radius 2 is 1.95 bits per heavy atom. The van der Waals surface area contributed by atoms with E-state index in [2.05, 4.69) is 17.1 Å². The maximum absolute atomic E-state index is 12.2. The van der Waals surface area contributed by atoms with Crippen LogP contribution < -0.4 is 4.57 Å². The van der Waals surface area contributed by atoms with E-state index in [-0.39, 0.29) is 12.1 Å². The van der Waals surface area contributed by atoms with Crippen LogP contribution in [0.3, 0.4) is 0 Å². The summed E-state index contributed by atoms with van der Waals surface area (Å²) in [4.78, 5) is 16.4. The average molecular weight is 297 g/mol. The zero-order chi connectivity index (χ0) is 15.2. The molecule has 1 aliphatic rings. The Morgan fingerprint density at radius 3 is 2.73 bits per heavy atom. The minimum Gasteiger partial charge on any atom is -0.457 e. The summed E-state index contributed by atoms with van der Waals surface area (Å²) >= 11 is 0. The lowest BCUT2D eigenvalue weighted by atomic mass is 9.98. The molecule has 1 aliphatic carbocycles. The SMILES string of the molecule is O=C(OC1CCCCC1)c1c[n+](Cc2ccccc2)ccn1. The van der Waals surface area contributed by atoms with Crippen LogP contribution in [0.1, 0.15) is 48.2 Å². The fourth-order valence-electron chi connectivity index (χ4n) is 2.83. The van der Waals surface area contributed by atoms with Gasteiger partial charge in [0.1, 0.15) is 6.10 Å². The van der Waals surface area contributed by atoms with Crippen molar-refractivity contribution in [1.29, 1.82) is 0 Å². The van der Waals surface area contributed by atoms with Gasteiger partial charge in [-0.05, 0) is 25.7 Å². The molecular weight excluding hydrogens is 276 g/mol. The van der Waals surface area contributed by atoms with Crippen LogP contribution in [0.25, 0.3) is 0 Å². The molecule has 1 saturated carbocycles. The van der Waals surface area contributed by atoms with Gasteiger partial charge < -0.3 is 4.74 Å². The number of hydrogen-bond donors (Lipinski definition) is 0. The summed E-state index contributed by atoms with van der Waals surface area (Å²) in [5.41, 5.74) is 1.56. The first-order chi connectivity index (χ1) is 10.8. The summed E-state index contributed by atoms with van der Waals surface area (Å²) in [6.45, 7) is 0.715. The molecule has 1 fully saturated rings. The maximum atomic E-state index is 12.2. The Labute approximate surface area is 130 Å². The normalized spacial score (nSPS) is 15.5. The molecule has 0 radical (unpaired) electrons. The lowest BCUT2D eigenvalue weighted by Crippen LogP contribution is -2.35. The van der Waals surface area contributed by atoms with Crippen LogP contribution in [-0.2, 0) is 11.3 Å². The van der Waals surface area contributed by atoms with Gasteiger partial charge in [-0.15, -0.1) is 0 Å². The van der Waals surface area contributed by atoms with E-state index in [1.165, 1.54) is 12.0 Å². The molecule has 0 amide bonds. The largest absolute Gasteiger partial charge is 0.457 e. The van der Waals surface area contributed by atoms with Crippen molar-refractivity contribution < 1.29 is 14.1 Å². The molecule has 1 aromatic carbocycles. The molecule has 2 aromatic rings. The maximum Gasteiger partial charge on any atom is 0.363 e. The fourth-order valence-corrected chi connectivity index (χ4v) is 2.83. The Hall–Kier alpha value is -2.23. The molecule has 3 rings (SSSR count). The molecule has 0 bridgehead atoms. The standard InChI is InChI=1S/C18H21N2O2/c21-18(22-16-9-5-2-6-10-16)17-14-20(12-11-19-17)13-15-7-3-1-4-8-15/h1,3-4,7-8,11-12,14,16H,2,5-6,9-10,13H2/q+1. The van der Waals surface area contributed by atoms with Crippen LogP contribution in [0, 0.1) is 0 Å². The van der Waals surface area contributed by atoms with E-state index in [4.69, 9.17) is 4.74 Å². The molecule has 114 valence electrons. The van der Waals surface area contributed by atoms with Crippen LogP contribution in [-0.4, -0.2) is 17.1 Å². The predicted octanol–water partition coefficient (Wildman–Crippen LogP) is 2.91. The van der Waals surface area contributed by atoms with Crippen LogP contribution in [0.5, 0.6) is 0 Å². The Morgan fingerprint density at radius 1 is 1.18 bits per heavy atom. The third-order valence-corrected chi connectivity index (χ3v) is 4.00. The average Bonchev–Trinajstić information content (AvgIpc) is 2.57. The molecule has 0 aliphatic heterocycles. The molecule has 0 unspecified atom stereocenters. The van der Waals surface area contributed by atoms with Gasteiger partial charge in [0.25, 0.3) is 0 Å². The summed E-state index contributed by atoms with van der Waals surface area (Å²) in [7, 11) is 0. The van der Waals surface area contributed by atoms with E-state index < -0.39 is 0 Å². The third-order valence-electron chi connectivity index (χ3n) is 4.00. The molecule has 22 heavy (non-hydrogen) atoms. The number of carbonyl (C=O) groups excluding carboxylic acids is 1. The summed E-state index contributed by atoms with van der Waals surface area (Å²) in [6.07, 6.45) is 10.8. The fraction of sp³-hybridized carbons (Fsp3) is 0.389. The highest BCUT2D eigenvalue weighted by Gasteiger charge is 2.21. The Bertz CT molecular complexity index is 622. The van der Waals surface area contributed by atoms with E-state index in [1.54, 1.807) is 12.4 Å². The first kappa shape index (κ1) is 14.7. The molecule has 0 atom stereocenters. The molecule has 1 heterocycles. The number of ether oxygens (including phenoxy) is 1. The monoisotopic (exact) mass is 297 g/mol. The Balaban J connectivity index is 1.66. The predicted molar refractivity (Wildman–Crippen MR) is 82.3 cm³/mol. The molecule has 0 spiro atoms. The van der Waals surface area contributed by atoms with Gasteiger partial charge in [-0.3, -0.25) is 0 Å². The number of aromatic nitrogens is 2. The van der Waals surface area contributed by atoms with Crippen molar-refractivity contribution in [2.24, 2.45) is 0 Å². The van der Waals surface area contributed by atoms with Crippen molar-refractivity contribution in [3.8, 4) is 0 Å². The first-order valence-electron chi connectivity index (χ1n) is 7.91. The van der Waals surface area contributed by atoms with E-state index >= 15 is 0 Å². The van der Waals surface area contributed by atoms with E-state index in [1.807, 2.05) is 29.0 Å². The van der Waals surface area contributed by atoms with Crippen molar-refractivity contribution in [3.63, 3.8) is 0 Å². The second kappa shape index (κ2) is 7.16. The lowest BCUT2D eigenvalue weighted by Gasteiger charge is -2.21. The molecule has 4 nitrogen and oxygen atoms in total. The van der Waals surface area contributed by atoms with Gasteiger partial charge in [-0.25, -0.2) is 9.78 Å². The van der Waals surface area contributed by atoms with E-state index in [0.717, 1.165) is 25.7 Å². The number of nitrogens with zero attached hydrogens (tertiary/aromatic N) is 2. The molecular formula is C18H21N2O2+. The van der Waals surface area contributed by atoms with Crippen molar-refractivity contribution in [1.82, 2.24) is 4.98 Å². The van der Waals surface area contributed by atoms with E-state index in [9.17, 15) is 4.79 Å². The smallest absolute Gasteiger partial charge is 0.363 e. The number of esters is 1. The number of rotatable bonds is 4. The van der Waals surface area contributed by atoms with E-state index in [0.29, 0.717) is 12.2 Å². The van der Waals surface area contributed by atoms with Crippen LogP contribution in [0.2, 0.25) is 0 Å². The molecule has 0 N–H and O–H groups in total. The minimum atomic E-state index is -0.311.